The van der Waals surface area contributed by atoms with Crippen LogP contribution in [-0.2, 0) is 9.53 Å². The zero-order valence-electron chi connectivity index (χ0n) is 37.7. The lowest BCUT2D eigenvalue weighted by atomic mass is 9.44. The molecule has 2 heteroatoms. The van der Waals surface area contributed by atoms with E-state index in [1.807, 2.05) is 0 Å². The van der Waals surface area contributed by atoms with Gasteiger partial charge in [0.2, 0.25) is 0 Å². The third-order valence-corrected chi connectivity index (χ3v) is 17.4. The molecular weight excluding hydrogens is 657 g/mol. The molecule has 0 spiro atoms. The molecule has 0 heterocycles. The van der Waals surface area contributed by atoms with Gasteiger partial charge in [0.15, 0.2) is 0 Å². The van der Waals surface area contributed by atoms with E-state index in [1.54, 1.807) is 6.42 Å². The van der Waals surface area contributed by atoms with Crippen molar-refractivity contribution in [2.75, 3.05) is 6.61 Å². The summed E-state index contributed by atoms with van der Waals surface area (Å²) >= 11 is 0. The second-order valence-electron chi connectivity index (χ2n) is 21.1. The van der Waals surface area contributed by atoms with Crippen molar-refractivity contribution in [3.8, 4) is 0 Å². The monoisotopic (exact) mass is 753 g/mol. The number of esters is 1. The van der Waals surface area contributed by atoms with Crippen molar-refractivity contribution in [3.05, 3.63) is 0 Å². The number of hydrogen-bond donors (Lipinski definition) is 0. The minimum Gasteiger partial charge on any atom is -0.465 e. The molecule has 2 unspecified atom stereocenters. The van der Waals surface area contributed by atoms with Crippen molar-refractivity contribution in [2.24, 2.45) is 58.2 Å². The van der Waals surface area contributed by atoms with E-state index in [-0.39, 0.29) is 5.97 Å². The minimum absolute atomic E-state index is 0.0388. The lowest BCUT2D eigenvalue weighted by Gasteiger charge is -2.61. The summed E-state index contributed by atoms with van der Waals surface area (Å²) < 4.78 is 5.82. The topological polar surface area (TPSA) is 26.3 Å². The molecule has 54 heavy (non-hydrogen) atoms. The summed E-state index contributed by atoms with van der Waals surface area (Å²) in [5.41, 5.74) is 1.24. The summed E-state index contributed by atoms with van der Waals surface area (Å²) in [7, 11) is 0. The van der Waals surface area contributed by atoms with Crippen LogP contribution in [0.3, 0.4) is 0 Å². The lowest BCUT2D eigenvalue weighted by Crippen LogP contribution is -2.53. The van der Waals surface area contributed by atoms with E-state index < -0.39 is 0 Å². The van der Waals surface area contributed by atoms with Gasteiger partial charge in [0.05, 0.1) is 6.61 Å². The Hall–Kier alpha value is -0.530. The fourth-order valence-corrected chi connectivity index (χ4v) is 13.4. The zero-order chi connectivity index (χ0) is 38.7. The Kier molecular flexibility index (Phi) is 21.4. The van der Waals surface area contributed by atoms with E-state index >= 15 is 0 Å². The van der Waals surface area contributed by atoms with Crippen LogP contribution in [0.15, 0.2) is 0 Å². The van der Waals surface area contributed by atoms with Gasteiger partial charge >= 0.3 is 5.97 Å². The standard InChI is InChI=1S/C52H96O2/c1-7-8-9-10-11-12-13-14-15-16-17-18-19-20-21-22-23-24-25-26-27-31-50(53)54-41-44(4)42(2)32-33-43(3)47-36-37-48-46-35-34-45-30-28-29-39-51(45,5)49(46)38-40-52(47,48)6/h42-49H,7-41H2,1-6H3/t42-,43+,44?,45?,46-,47+,48-,49-,51-,52+/m0/s1. The lowest BCUT2D eigenvalue weighted by molar-refractivity contribution is -0.145. The fraction of sp³-hybridized carbons (Fsp3) is 0.981. The van der Waals surface area contributed by atoms with E-state index in [9.17, 15) is 4.79 Å². The molecule has 0 saturated heterocycles. The Morgan fingerprint density at radius 1 is 0.556 bits per heavy atom. The van der Waals surface area contributed by atoms with Gasteiger partial charge in [0.25, 0.3) is 0 Å². The van der Waals surface area contributed by atoms with Crippen LogP contribution in [0, 0.1) is 58.2 Å². The molecule has 0 aromatic heterocycles. The summed E-state index contributed by atoms with van der Waals surface area (Å²) in [6.07, 6.45) is 47.6. The van der Waals surface area contributed by atoms with Crippen LogP contribution in [0.5, 0.6) is 0 Å². The molecule has 10 atom stereocenters. The molecule has 0 amide bonds. The molecule has 316 valence electrons. The summed E-state index contributed by atoms with van der Waals surface area (Å²) in [5.74, 6) is 6.90. The van der Waals surface area contributed by atoms with Crippen molar-refractivity contribution >= 4 is 5.97 Å². The predicted molar refractivity (Wildman–Crippen MR) is 235 cm³/mol. The quantitative estimate of drug-likeness (QED) is 0.0562. The Bertz CT molecular complexity index is 989. The van der Waals surface area contributed by atoms with Crippen LogP contribution >= 0.6 is 0 Å². The van der Waals surface area contributed by atoms with Gasteiger partial charge in [-0.25, -0.2) is 0 Å². The highest BCUT2D eigenvalue weighted by Gasteiger charge is 2.60. The van der Waals surface area contributed by atoms with Gasteiger partial charge in [-0.1, -0.05) is 196 Å². The Balaban J connectivity index is 0.947. The van der Waals surface area contributed by atoms with Crippen LogP contribution < -0.4 is 0 Å². The highest BCUT2D eigenvalue weighted by atomic mass is 16.5. The van der Waals surface area contributed by atoms with Gasteiger partial charge < -0.3 is 4.74 Å². The smallest absolute Gasteiger partial charge is 0.305 e. The molecule has 4 saturated carbocycles. The second-order valence-corrected chi connectivity index (χ2v) is 21.1. The molecule has 4 aliphatic carbocycles. The maximum absolute atomic E-state index is 12.6. The van der Waals surface area contributed by atoms with E-state index in [2.05, 4.69) is 41.5 Å². The average Bonchev–Trinajstić information content (AvgIpc) is 3.53. The molecular formula is C52H96O2. The molecule has 0 aromatic rings. The van der Waals surface area contributed by atoms with Gasteiger partial charge in [0, 0.05) is 6.42 Å². The second kappa shape index (κ2) is 25.1. The Labute approximate surface area is 339 Å². The van der Waals surface area contributed by atoms with Crippen LogP contribution in [0.2, 0.25) is 0 Å². The van der Waals surface area contributed by atoms with Crippen LogP contribution in [0.1, 0.15) is 260 Å². The molecule has 2 nitrogen and oxygen atoms in total. The van der Waals surface area contributed by atoms with E-state index in [0.29, 0.717) is 35.7 Å². The summed E-state index contributed by atoms with van der Waals surface area (Å²) in [6.45, 7) is 15.7. The number of fused-ring (bicyclic) bond motifs is 5. The molecule has 0 radical (unpaired) electrons. The first kappa shape index (κ1) is 46.2. The molecule has 4 fully saturated rings. The van der Waals surface area contributed by atoms with Gasteiger partial charge in [0.1, 0.15) is 0 Å². The predicted octanol–water partition coefficient (Wildman–Crippen LogP) is 16.9. The third-order valence-electron chi connectivity index (χ3n) is 17.4. The van der Waals surface area contributed by atoms with Gasteiger partial charge in [-0.3, -0.25) is 4.79 Å². The van der Waals surface area contributed by atoms with Crippen LogP contribution in [0.4, 0.5) is 0 Å². The fourth-order valence-electron chi connectivity index (χ4n) is 13.4. The zero-order valence-corrected chi connectivity index (χ0v) is 37.7. The normalized spacial score (nSPS) is 31.0. The van der Waals surface area contributed by atoms with Crippen LogP contribution in [0.25, 0.3) is 0 Å². The van der Waals surface area contributed by atoms with Gasteiger partial charge in [-0.05, 0) is 116 Å². The largest absolute Gasteiger partial charge is 0.465 e. The van der Waals surface area contributed by atoms with Crippen LogP contribution in [-0.4, -0.2) is 12.6 Å². The maximum atomic E-state index is 12.6. The Morgan fingerprint density at radius 3 is 1.67 bits per heavy atom. The van der Waals surface area contributed by atoms with Crippen molar-refractivity contribution in [1.29, 1.82) is 0 Å². The first-order valence-electron chi connectivity index (χ1n) is 25.4. The minimum atomic E-state index is 0.0388. The van der Waals surface area contributed by atoms with Crippen molar-refractivity contribution in [3.63, 3.8) is 0 Å². The first-order chi connectivity index (χ1) is 26.2. The SMILES string of the molecule is CCCCCCCCCCCCCCCCCCCCCCCC(=O)OCC(C)[C@@H](C)CC[C@@H](C)[C@H]1CC[C@H]2[C@@H]3CCC4CCCC[C@]4(C)[C@H]3CC[C@]12C. The van der Waals surface area contributed by atoms with Crippen molar-refractivity contribution in [1.82, 2.24) is 0 Å². The molecule has 0 N–H and O–H groups in total. The van der Waals surface area contributed by atoms with Crippen molar-refractivity contribution < 1.29 is 9.53 Å². The molecule has 0 aliphatic heterocycles. The Morgan fingerprint density at radius 2 is 1.09 bits per heavy atom. The number of ether oxygens (including phenoxy) is 1. The van der Waals surface area contributed by atoms with Gasteiger partial charge in [-0.15, -0.1) is 0 Å². The molecule has 0 aromatic carbocycles. The summed E-state index contributed by atoms with van der Waals surface area (Å²) in [4.78, 5) is 12.6. The average molecular weight is 753 g/mol. The highest BCUT2D eigenvalue weighted by molar-refractivity contribution is 5.69. The number of carbonyl (C=O) groups excluding carboxylic acids is 1. The van der Waals surface area contributed by atoms with Gasteiger partial charge in [-0.2, -0.15) is 0 Å². The number of carbonyl (C=O) groups is 1. The van der Waals surface area contributed by atoms with E-state index in [4.69, 9.17) is 4.74 Å². The summed E-state index contributed by atoms with van der Waals surface area (Å²) in [5, 5.41) is 0. The highest BCUT2D eigenvalue weighted by Crippen LogP contribution is 2.68. The third kappa shape index (κ3) is 14.1. The van der Waals surface area contributed by atoms with E-state index in [1.165, 1.54) is 199 Å². The molecule has 4 rings (SSSR count). The van der Waals surface area contributed by atoms with Crippen molar-refractivity contribution in [2.45, 2.75) is 260 Å². The van der Waals surface area contributed by atoms with E-state index in [0.717, 1.165) is 41.9 Å². The maximum Gasteiger partial charge on any atom is 0.305 e. The number of rotatable bonds is 29. The number of unbranched alkanes of at least 4 members (excludes halogenated alkanes) is 20. The molecule has 4 aliphatic rings. The summed E-state index contributed by atoms with van der Waals surface area (Å²) in [6, 6.07) is 0. The number of hydrogen-bond acceptors (Lipinski definition) is 2. The molecule has 0 bridgehead atoms. The first-order valence-corrected chi connectivity index (χ1v) is 25.4.